The lowest BCUT2D eigenvalue weighted by molar-refractivity contribution is 0.102. The van der Waals surface area contributed by atoms with Crippen LogP contribution >= 0.6 is 34.8 Å². The molecule has 1 fully saturated rings. The van der Waals surface area contributed by atoms with Crippen LogP contribution in [-0.4, -0.2) is 31.7 Å². The number of amides is 1. The number of anilines is 1. The molecule has 1 N–H and O–H groups in total. The molecule has 0 spiro atoms. The van der Waals surface area contributed by atoms with Crippen LogP contribution in [0.25, 0.3) is 0 Å². The lowest BCUT2D eigenvalue weighted by Gasteiger charge is -2.29. The second-order valence-corrected chi connectivity index (χ2v) is 9.91. The fourth-order valence-corrected chi connectivity index (χ4v) is 5.05. The number of hydrogen-bond acceptors (Lipinski definition) is 3. The summed E-state index contributed by atoms with van der Waals surface area (Å²) in [6, 6.07) is 8.95. The Kier molecular flexibility index (Phi) is 6.57. The highest BCUT2D eigenvalue weighted by molar-refractivity contribution is 7.89. The lowest BCUT2D eigenvalue weighted by Crippen LogP contribution is -2.37. The molecule has 3 rings (SSSR count). The molecule has 2 aromatic rings. The molecule has 1 aliphatic heterocycles. The fraction of sp³-hybridized carbons (Fsp3) is 0.316. The molecular formula is C19H19Cl3N2O3S. The van der Waals surface area contributed by atoms with Crippen molar-refractivity contribution in [1.82, 2.24) is 4.31 Å². The van der Waals surface area contributed by atoms with E-state index in [2.05, 4.69) is 12.2 Å². The summed E-state index contributed by atoms with van der Waals surface area (Å²) in [5.74, 6) is -0.0704. The number of benzene rings is 2. The average Bonchev–Trinajstić information content (AvgIpc) is 2.66. The molecule has 0 bridgehead atoms. The number of rotatable bonds is 4. The molecule has 5 nitrogen and oxygen atoms in total. The average molecular weight is 462 g/mol. The first-order valence-electron chi connectivity index (χ1n) is 8.75. The molecule has 1 amide bonds. The zero-order valence-electron chi connectivity index (χ0n) is 15.1. The molecular weight excluding hydrogens is 443 g/mol. The van der Waals surface area contributed by atoms with Crippen LogP contribution in [0.2, 0.25) is 15.1 Å². The van der Waals surface area contributed by atoms with Crippen LogP contribution in [0.3, 0.4) is 0 Å². The highest BCUT2D eigenvalue weighted by atomic mass is 35.5. The molecule has 1 heterocycles. The van der Waals surface area contributed by atoms with E-state index in [1.165, 1.54) is 22.5 Å². The van der Waals surface area contributed by atoms with E-state index in [1.807, 2.05) is 0 Å². The summed E-state index contributed by atoms with van der Waals surface area (Å²) in [5, 5.41) is 3.25. The van der Waals surface area contributed by atoms with Crippen LogP contribution < -0.4 is 5.32 Å². The molecule has 1 aliphatic rings. The molecule has 0 aliphatic carbocycles. The van der Waals surface area contributed by atoms with E-state index in [-0.39, 0.29) is 20.5 Å². The number of halogens is 3. The Morgan fingerprint density at radius 1 is 1.07 bits per heavy atom. The van der Waals surface area contributed by atoms with Crippen molar-refractivity contribution >= 4 is 56.4 Å². The summed E-state index contributed by atoms with van der Waals surface area (Å²) in [5.41, 5.74) is 0.359. The molecule has 0 unspecified atom stereocenters. The van der Waals surface area contributed by atoms with Gasteiger partial charge in [-0.05, 0) is 49.1 Å². The Balaban J connectivity index is 1.89. The zero-order chi connectivity index (χ0) is 20.5. The molecule has 150 valence electrons. The van der Waals surface area contributed by atoms with Crippen molar-refractivity contribution in [2.24, 2.45) is 5.92 Å². The molecule has 1 saturated heterocycles. The Morgan fingerprint density at radius 2 is 1.75 bits per heavy atom. The molecule has 9 heteroatoms. The quantitative estimate of drug-likeness (QED) is 0.670. The van der Waals surface area contributed by atoms with E-state index in [4.69, 9.17) is 34.8 Å². The van der Waals surface area contributed by atoms with Crippen LogP contribution in [0, 0.1) is 5.92 Å². The molecule has 0 aromatic heterocycles. The van der Waals surface area contributed by atoms with Gasteiger partial charge in [0, 0.05) is 13.1 Å². The van der Waals surface area contributed by atoms with Crippen LogP contribution in [0.15, 0.2) is 41.3 Å². The van der Waals surface area contributed by atoms with E-state index < -0.39 is 15.9 Å². The molecule has 0 atom stereocenters. The Morgan fingerprint density at radius 3 is 2.43 bits per heavy atom. The number of sulfonamides is 1. The monoisotopic (exact) mass is 460 g/mol. The van der Waals surface area contributed by atoms with Crippen molar-refractivity contribution in [1.29, 1.82) is 0 Å². The van der Waals surface area contributed by atoms with Gasteiger partial charge in [0.25, 0.3) is 5.91 Å². The van der Waals surface area contributed by atoms with Crippen molar-refractivity contribution in [2.45, 2.75) is 24.7 Å². The third-order valence-corrected chi connectivity index (χ3v) is 7.81. The Labute approximate surface area is 179 Å². The third-order valence-electron chi connectivity index (χ3n) is 4.76. The first-order chi connectivity index (χ1) is 13.2. The number of nitrogens with one attached hydrogen (secondary N) is 1. The maximum absolute atomic E-state index is 12.9. The van der Waals surface area contributed by atoms with Crippen LogP contribution in [-0.2, 0) is 10.0 Å². The summed E-state index contributed by atoms with van der Waals surface area (Å²) in [6.45, 7) is 3.03. The van der Waals surface area contributed by atoms with Crippen molar-refractivity contribution in [2.75, 3.05) is 18.4 Å². The van der Waals surface area contributed by atoms with Gasteiger partial charge in [0.1, 0.15) is 0 Å². The topological polar surface area (TPSA) is 66.5 Å². The normalized spacial score (nSPS) is 16.1. The maximum atomic E-state index is 12.9. The van der Waals surface area contributed by atoms with E-state index in [1.54, 1.807) is 18.2 Å². The summed E-state index contributed by atoms with van der Waals surface area (Å²) < 4.78 is 27.3. The molecule has 2 aromatic carbocycles. The van der Waals surface area contributed by atoms with Gasteiger partial charge in [0.05, 0.1) is 31.2 Å². The van der Waals surface area contributed by atoms with Crippen molar-refractivity contribution in [3.8, 4) is 0 Å². The van der Waals surface area contributed by atoms with Gasteiger partial charge in [-0.25, -0.2) is 8.42 Å². The number of piperidine rings is 1. The van der Waals surface area contributed by atoms with Crippen molar-refractivity contribution < 1.29 is 13.2 Å². The predicted molar refractivity (Wildman–Crippen MR) is 113 cm³/mol. The van der Waals surface area contributed by atoms with Crippen LogP contribution in [0.1, 0.15) is 30.1 Å². The third kappa shape index (κ3) is 4.47. The van der Waals surface area contributed by atoms with Crippen LogP contribution in [0.5, 0.6) is 0 Å². The van der Waals surface area contributed by atoms with Crippen molar-refractivity contribution in [3.63, 3.8) is 0 Å². The first kappa shape index (κ1) is 21.4. The van der Waals surface area contributed by atoms with Gasteiger partial charge >= 0.3 is 0 Å². The highest BCUT2D eigenvalue weighted by Crippen LogP contribution is 2.31. The fourth-order valence-electron chi connectivity index (χ4n) is 3.00. The molecule has 28 heavy (non-hydrogen) atoms. The lowest BCUT2D eigenvalue weighted by atomic mass is 10.0. The SMILES string of the molecule is CC1CCN(S(=O)(=O)c2ccc(Cl)c(C(=O)Nc3cccc(Cl)c3Cl)c2)CC1. The van der Waals surface area contributed by atoms with Gasteiger partial charge in [-0.2, -0.15) is 4.31 Å². The van der Waals surface area contributed by atoms with Crippen molar-refractivity contribution in [3.05, 3.63) is 57.0 Å². The minimum Gasteiger partial charge on any atom is -0.321 e. The number of carbonyl (C=O) groups excluding carboxylic acids is 1. The van der Waals surface area contributed by atoms with E-state index in [0.717, 1.165) is 12.8 Å². The van der Waals surface area contributed by atoms with Crippen LogP contribution in [0.4, 0.5) is 5.69 Å². The second kappa shape index (κ2) is 8.59. The number of nitrogens with zero attached hydrogens (tertiary/aromatic N) is 1. The van der Waals surface area contributed by atoms with Gasteiger partial charge in [-0.3, -0.25) is 4.79 Å². The highest BCUT2D eigenvalue weighted by Gasteiger charge is 2.29. The Bertz CT molecular complexity index is 1000. The van der Waals surface area contributed by atoms with E-state index in [0.29, 0.717) is 29.7 Å². The Hall–Kier alpha value is -1.31. The van der Waals surface area contributed by atoms with Gasteiger partial charge in [0.2, 0.25) is 10.0 Å². The van der Waals surface area contributed by atoms with Gasteiger partial charge in [-0.1, -0.05) is 47.8 Å². The summed E-state index contributed by atoms with van der Waals surface area (Å²) in [7, 11) is -3.70. The summed E-state index contributed by atoms with van der Waals surface area (Å²) >= 11 is 18.2. The smallest absolute Gasteiger partial charge is 0.257 e. The summed E-state index contributed by atoms with van der Waals surface area (Å²) in [6.07, 6.45) is 1.63. The predicted octanol–water partition coefficient (Wildman–Crippen LogP) is 5.32. The summed E-state index contributed by atoms with van der Waals surface area (Å²) in [4.78, 5) is 12.7. The minimum absolute atomic E-state index is 0.0359. The molecule has 0 saturated carbocycles. The zero-order valence-corrected chi connectivity index (χ0v) is 18.2. The largest absolute Gasteiger partial charge is 0.321 e. The number of hydrogen-bond donors (Lipinski definition) is 1. The number of carbonyl (C=O) groups is 1. The molecule has 0 radical (unpaired) electrons. The van der Waals surface area contributed by atoms with Gasteiger partial charge in [-0.15, -0.1) is 0 Å². The van der Waals surface area contributed by atoms with Gasteiger partial charge in [0.15, 0.2) is 0 Å². The standard InChI is InChI=1S/C19H19Cl3N2O3S/c1-12-7-9-24(10-8-12)28(26,27)13-5-6-15(20)14(11-13)19(25)23-17-4-2-3-16(21)18(17)22/h2-6,11-12H,7-10H2,1H3,(H,23,25). The first-order valence-corrected chi connectivity index (χ1v) is 11.3. The van der Waals surface area contributed by atoms with E-state index in [9.17, 15) is 13.2 Å². The second-order valence-electron chi connectivity index (χ2n) is 6.78. The van der Waals surface area contributed by atoms with Gasteiger partial charge < -0.3 is 5.32 Å². The minimum atomic E-state index is -3.70. The van der Waals surface area contributed by atoms with E-state index >= 15 is 0 Å². The maximum Gasteiger partial charge on any atom is 0.257 e.